The predicted octanol–water partition coefficient (Wildman–Crippen LogP) is 0.970. The standard InChI is InChI=1S/C15H24N4O2/c1-12-4-6-15(11-20,7-5-12)18-13(21)10-19(2)14-16-8-3-9-17-14/h3,8-9,12,20H,4-7,10-11H2,1-2H3,(H,18,21). The van der Waals surface area contributed by atoms with Gasteiger partial charge >= 0.3 is 0 Å². The Morgan fingerprint density at radius 3 is 2.62 bits per heavy atom. The molecule has 1 saturated carbocycles. The van der Waals surface area contributed by atoms with Crippen LogP contribution in [-0.4, -0.2) is 46.7 Å². The molecular formula is C15H24N4O2. The van der Waals surface area contributed by atoms with Crippen molar-refractivity contribution in [2.24, 2.45) is 5.92 Å². The Kier molecular flexibility index (Phi) is 5.12. The van der Waals surface area contributed by atoms with Gasteiger partial charge < -0.3 is 15.3 Å². The maximum absolute atomic E-state index is 12.2. The average Bonchev–Trinajstić information content (AvgIpc) is 2.50. The number of likely N-dealkylation sites (N-methyl/N-ethyl adjacent to an activating group) is 1. The van der Waals surface area contributed by atoms with Crippen LogP contribution in [0.2, 0.25) is 0 Å². The molecule has 2 N–H and O–H groups in total. The van der Waals surface area contributed by atoms with E-state index in [1.807, 2.05) is 0 Å². The Morgan fingerprint density at radius 1 is 1.43 bits per heavy atom. The van der Waals surface area contributed by atoms with E-state index < -0.39 is 5.54 Å². The van der Waals surface area contributed by atoms with E-state index >= 15 is 0 Å². The van der Waals surface area contributed by atoms with Crippen molar-refractivity contribution in [2.75, 3.05) is 25.1 Å². The topological polar surface area (TPSA) is 78.4 Å². The molecule has 2 rings (SSSR count). The van der Waals surface area contributed by atoms with E-state index in [0.717, 1.165) is 25.7 Å². The quantitative estimate of drug-likeness (QED) is 0.845. The lowest BCUT2D eigenvalue weighted by Gasteiger charge is -2.39. The first-order chi connectivity index (χ1) is 10.0. The number of aromatic nitrogens is 2. The molecule has 0 spiro atoms. The fourth-order valence-corrected chi connectivity index (χ4v) is 2.75. The zero-order valence-corrected chi connectivity index (χ0v) is 12.7. The van der Waals surface area contributed by atoms with Gasteiger partial charge in [0.2, 0.25) is 11.9 Å². The van der Waals surface area contributed by atoms with Crippen LogP contribution in [0.3, 0.4) is 0 Å². The van der Waals surface area contributed by atoms with Crippen LogP contribution in [0.1, 0.15) is 32.6 Å². The highest BCUT2D eigenvalue weighted by Crippen LogP contribution is 2.31. The number of aliphatic hydroxyl groups excluding tert-OH is 1. The number of rotatable bonds is 5. The number of nitrogens with zero attached hydrogens (tertiary/aromatic N) is 3. The first kappa shape index (κ1) is 15.7. The van der Waals surface area contributed by atoms with Crippen molar-refractivity contribution in [1.29, 1.82) is 0 Å². The molecule has 6 heteroatoms. The van der Waals surface area contributed by atoms with E-state index in [1.54, 1.807) is 30.4 Å². The minimum absolute atomic E-state index is 0.00297. The third kappa shape index (κ3) is 4.14. The lowest BCUT2D eigenvalue weighted by molar-refractivity contribution is -0.123. The van der Waals surface area contributed by atoms with E-state index in [2.05, 4.69) is 22.2 Å². The summed E-state index contributed by atoms with van der Waals surface area (Å²) in [5.41, 5.74) is -0.456. The number of hydrogen-bond donors (Lipinski definition) is 2. The summed E-state index contributed by atoms with van der Waals surface area (Å²) in [6, 6.07) is 1.74. The summed E-state index contributed by atoms with van der Waals surface area (Å²) in [5, 5.41) is 12.7. The van der Waals surface area contributed by atoms with Crippen LogP contribution in [0.5, 0.6) is 0 Å². The number of hydrogen-bond acceptors (Lipinski definition) is 5. The van der Waals surface area contributed by atoms with E-state index in [9.17, 15) is 9.90 Å². The number of carbonyl (C=O) groups is 1. The maximum Gasteiger partial charge on any atom is 0.240 e. The highest BCUT2D eigenvalue weighted by molar-refractivity contribution is 5.81. The van der Waals surface area contributed by atoms with Crippen molar-refractivity contribution in [3.05, 3.63) is 18.5 Å². The van der Waals surface area contributed by atoms with Crippen LogP contribution < -0.4 is 10.2 Å². The molecule has 0 atom stereocenters. The first-order valence-electron chi connectivity index (χ1n) is 7.45. The van der Waals surface area contributed by atoms with Gasteiger partial charge in [-0.1, -0.05) is 6.92 Å². The van der Waals surface area contributed by atoms with Crippen molar-refractivity contribution in [3.63, 3.8) is 0 Å². The second-order valence-corrected chi connectivity index (χ2v) is 6.07. The monoisotopic (exact) mass is 292 g/mol. The molecule has 6 nitrogen and oxygen atoms in total. The first-order valence-corrected chi connectivity index (χ1v) is 7.45. The zero-order chi connectivity index (χ0) is 15.3. The summed E-state index contributed by atoms with van der Waals surface area (Å²) in [6.07, 6.45) is 7.05. The Balaban J connectivity index is 1.91. The Labute approximate surface area is 125 Å². The second-order valence-electron chi connectivity index (χ2n) is 6.07. The van der Waals surface area contributed by atoms with Gasteiger partial charge in [-0.2, -0.15) is 0 Å². The number of aliphatic hydroxyl groups is 1. The van der Waals surface area contributed by atoms with Crippen molar-refractivity contribution in [3.8, 4) is 0 Å². The van der Waals surface area contributed by atoms with Crippen LogP contribution >= 0.6 is 0 Å². The van der Waals surface area contributed by atoms with Gasteiger partial charge in [0, 0.05) is 19.4 Å². The van der Waals surface area contributed by atoms with Crippen LogP contribution in [0, 0.1) is 5.92 Å². The van der Waals surface area contributed by atoms with E-state index in [1.165, 1.54) is 0 Å². The minimum Gasteiger partial charge on any atom is -0.394 e. The van der Waals surface area contributed by atoms with Crippen LogP contribution in [0.25, 0.3) is 0 Å². The van der Waals surface area contributed by atoms with Gasteiger partial charge in [-0.3, -0.25) is 4.79 Å². The van der Waals surface area contributed by atoms with Gasteiger partial charge in [-0.05, 0) is 37.7 Å². The highest BCUT2D eigenvalue weighted by Gasteiger charge is 2.35. The van der Waals surface area contributed by atoms with Crippen LogP contribution in [0.15, 0.2) is 18.5 Å². The summed E-state index contributed by atoms with van der Waals surface area (Å²) in [4.78, 5) is 22.1. The molecule has 0 aromatic carbocycles. The van der Waals surface area contributed by atoms with Gasteiger partial charge in [0.1, 0.15) is 0 Å². The van der Waals surface area contributed by atoms with Gasteiger partial charge in [0.05, 0.1) is 18.7 Å². The molecule has 0 bridgehead atoms. The SMILES string of the molecule is CC1CCC(CO)(NC(=O)CN(C)c2ncccn2)CC1. The van der Waals surface area contributed by atoms with Crippen LogP contribution in [-0.2, 0) is 4.79 Å². The molecular weight excluding hydrogens is 268 g/mol. The molecule has 116 valence electrons. The lowest BCUT2D eigenvalue weighted by atomic mass is 9.77. The van der Waals surface area contributed by atoms with Crippen molar-refractivity contribution in [2.45, 2.75) is 38.1 Å². The van der Waals surface area contributed by atoms with Crippen molar-refractivity contribution < 1.29 is 9.90 Å². The molecule has 1 aliphatic rings. The molecule has 0 saturated heterocycles. The molecule has 1 aromatic heterocycles. The summed E-state index contributed by atoms with van der Waals surface area (Å²) >= 11 is 0. The van der Waals surface area contributed by atoms with Gasteiger partial charge in [-0.15, -0.1) is 0 Å². The second kappa shape index (κ2) is 6.85. The summed E-state index contributed by atoms with van der Waals surface area (Å²) < 4.78 is 0. The molecule has 0 radical (unpaired) electrons. The van der Waals surface area contributed by atoms with Crippen LogP contribution in [0.4, 0.5) is 5.95 Å². The molecule has 0 aliphatic heterocycles. The van der Waals surface area contributed by atoms with E-state index in [4.69, 9.17) is 0 Å². The molecule has 1 aliphatic carbocycles. The Bertz CT molecular complexity index is 458. The number of anilines is 1. The van der Waals surface area contributed by atoms with E-state index in [0.29, 0.717) is 11.9 Å². The molecule has 1 aromatic rings. The maximum atomic E-state index is 12.2. The summed E-state index contributed by atoms with van der Waals surface area (Å²) in [7, 11) is 1.78. The van der Waals surface area contributed by atoms with Gasteiger partial charge in [-0.25, -0.2) is 9.97 Å². The van der Waals surface area contributed by atoms with Gasteiger partial charge in [0.25, 0.3) is 0 Å². The predicted molar refractivity (Wildman–Crippen MR) is 80.9 cm³/mol. The summed E-state index contributed by atoms with van der Waals surface area (Å²) in [6.45, 7) is 2.39. The van der Waals surface area contributed by atoms with E-state index in [-0.39, 0.29) is 19.1 Å². The molecule has 1 heterocycles. The summed E-state index contributed by atoms with van der Waals surface area (Å²) in [5.74, 6) is 1.08. The average molecular weight is 292 g/mol. The molecule has 1 amide bonds. The normalized spacial score (nSPS) is 25.4. The third-order valence-corrected chi connectivity index (χ3v) is 4.21. The molecule has 0 unspecified atom stereocenters. The Hall–Kier alpha value is -1.69. The smallest absolute Gasteiger partial charge is 0.240 e. The number of carbonyl (C=O) groups excluding carboxylic acids is 1. The molecule has 1 fully saturated rings. The largest absolute Gasteiger partial charge is 0.394 e. The molecule has 21 heavy (non-hydrogen) atoms. The van der Waals surface area contributed by atoms with Gasteiger partial charge in [0.15, 0.2) is 0 Å². The van der Waals surface area contributed by atoms with Crippen molar-refractivity contribution >= 4 is 11.9 Å². The third-order valence-electron chi connectivity index (χ3n) is 4.21. The highest BCUT2D eigenvalue weighted by atomic mass is 16.3. The van der Waals surface area contributed by atoms with Crippen molar-refractivity contribution in [1.82, 2.24) is 15.3 Å². The minimum atomic E-state index is -0.456. The number of amides is 1. The fourth-order valence-electron chi connectivity index (χ4n) is 2.75. The fraction of sp³-hybridized carbons (Fsp3) is 0.667. The Morgan fingerprint density at radius 2 is 2.05 bits per heavy atom. The lowest BCUT2D eigenvalue weighted by Crippen LogP contribution is -2.55. The number of nitrogens with one attached hydrogen (secondary N) is 1. The zero-order valence-electron chi connectivity index (χ0n) is 12.7.